The molecule has 0 amide bonds. The fourth-order valence-electron chi connectivity index (χ4n) is 2.22. The van der Waals surface area contributed by atoms with Gasteiger partial charge in [-0.2, -0.15) is 0 Å². The number of carboxylic acids is 1. The molecule has 1 N–H and O–H groups in total. The molecule has 1 aliphatic heterocycles. The Kier molecular flexibility index (Phi) is 3.30. The van der Waals surface area contributed by atoms with Gasteiger partial charge >= 0.3 is 5.97 Å². The van der Waals surface area contributed by atoms with Gasteiger partial charge in [-0.25, -0.2) is 13.2 Å². The van der Waals surface area contributed by atoms with Crippen molar-refractivity contribution in [3.63, 3.8) is 0 Å². The Bertz CT molecular complexity index is 550. The number of sulfone groups is 1. The zero-order valence-corrected chi connectivity index (χ0v) is 10.9. The standard InChI is InChI=1S/C12H15NO4S/c1-18(16,17)10-6-4-9(5-7-10)13-8-2-3-11(13)12(14)15/h4-7,11H,2-3,8H2,1H3,(H,14,15). The van der Waals surface area contributed by atoms with Crippen LogP contribution in [0.25, 0.3) is 0 Å². The van der Waals surface area contributed by atoms with Gasteiger partial charge in [-0.15, -0.1) is 0 Å². The lowest BCUT2D eigenvalue weighted by Crippen LogP contribution is -2.35. The molecule has 1 aliphatic rings. The summed E-state index contributed by atoms with van der Waals surface area (Å²) >= 11 is 0. The van der Waals surface area contributed by atoms with Gasteiger partial charge in [-0.1, -0.05) is 0 Å². The number of benzene rings is 1. The number of aliphatic carboxylic acids is 1. The number of rotatable bonds is 3. The second-order valence-corrected chi connectivity index (χ2v) is 6.47. The fourth-order valence-corrected chi connectivity index (χ4v) is 2.85. The summed E-state index contributed by atoms with van der Waals surface area (Å²) in [6, 6.07) is 5.85. The second-order valence-electron chi connectivity index (χ2n) is 4.46. The lowest BCUT2D eigenvalue weighted by atomic mass is 10.2. The lowest BCUT2D eigenvalue weighted by Gasteiger charge is -2.23. The van der Waals surface area contributed by atoms with E-state index < -0.39 is 21.8 Å². The number of carbonyl (C=O) groups is 1. The average Bonchev–Trinajstić information content (AvgIpc) is 2.77. The van der Waals surface area contributed by atoms with Crippen molar-refractivity contribution < 1.29 is 18.3 Å². The van der Waals surface area contributed by atoms with Crippen molar-refractivity contribution in [2.75, 3.05) is 17.7 Å². The van der Waals surface area contributed by atoms with E-state index in [-0.39, 0.29) is 4.90 Å². The van der Waals surface area contributed by atoms with Crippen molar-refractivity contribution in [2.45, 2.75) is 23.8 Å². The van der Waals surface area contributed by atoms with Crippen LogP contribution in [0.3, 0.4) is 0 Å². The highest BCUT2D eigenvalue weighted by atomic mass is 32.2. The van der Waals surface area contributed by atoms with Crippen LogP contribution in [-0.2, 0) is 14.6 Å². The minimum atomic E-state index is -3.21. The van der Waals surface area contributed by atoms with Crippen molar-refractivity contribution in [1.82, 2.24) is 0 Å². The van der Waals surface area contributed by atoms with Crippen LogP contribution in [0, 0.1) is 0 Å². The van der Waals surface area contributed by atoms with E-state index in [0.29, 0.717) is 13.0 Å². The molecule has 1 heterocycles. The smallest absolute Gasteiger partial charge is 0.326 e. The van der Waals surface area contributed by atoms with Crippen molar-refractivity contribution in [2.24, 2.45) is 0 Å². The first kappa shape index (κ1) is 12.9. The molecular weight excluding hydrogens is 254 g/mol. The molecule has 1 aromatic carbocycles. The third-order valence-electron chi connectivity index (χ3n) is 3.13. The molecule has 18 heavy (non-hydrogen) atoms. The predicted molar refractivity (Wildman–Crippen MR) is 67.6 cm³/mol. The number of nitrogens with zero attached hydrogens (tertiary/aromatic N) is 1. The number of carboxylic acid groups (broad SMARTS) is 1. The van der Waals surface area contributed by atoms with Crippen LogP contribution in [0.4, 0.5) is 5.69 Å². The number of hydrogen-bond acceptors (Lipinski definition) is 4. The van der Waals surface area contributed by atoms with Gasteiger partial charge < -0.3 is 10.0 Å². The second kappa shape index (κ2) is 4.61. The van der Waals surface area contributed by atoms with Crippen molar-refractivity contribution in [1.29, 1.82) is 0 Å². The van der Waals surface area contributed by atoms with E-state index in [1.165, 1.54) is 12.1 Å². The first-order valence-electron chi connectivity index (χ1n) is 5.69. The molecule has 0 saturated carbocycles. The number of anilines is 1. The van der Waals surface area contributed by atoms with E-state index in [0.717, 1.165) is 18.4 Å². The van der Waals surface area contributed by atoms with E-state index in [9.17, 15) is 13.2 Å². The van der Waals surface area contributed by atoms with Gasteiger partial charge in [-0.3, -0.25) is 0 Å². The quantitative estimate of drug-likeness (QED) is 0.890. The van der Waals surface area contributed by atoms with Crippen LogP contribution < -0.4 is 4.90 Å². The monoisotopic (exact) mass is 269 g/mol. The molecule has 5 nitrogen and oxygen atoms in total. The summed E-state index contributed by atoms with van der Waals surface area (Å²) in [5.41, 5.74) is 0.757. The molecule has 0 spiro atoms. The van der Waals surface area contributed by atoms with E-state index >= 15 is 0 Å². The van der Waals surface area contributed by atoms with Crippen LogP contribution >= 0.6 is 0 Å². The highest BCUT2D eigenvalue weighted by Crippen LogP contribution is 2.26. The lowest BCUT2D eigenvalue weighted by molar-refractivity contribution is -0.138. The minimum Gasteiger partial charge on any atom is -0.480 e. The average molecular weight is 269 g/mol. The molecule has 0 aliphatic carbocycles. The number of hydrogen-bond donors (Lipinski definition) is 1. The van der Waals surface area contributed by atoms with Crippen LogP contribution in [0.15, 0.2) is 29.2 Å². The molecule has 98 valence electrons. The Hall–Kier alpha value is -1.56. The zero-order valence-electron chi connectivity index (χ0n) is 10.0. The van der Waals surface area contributed by atoms with Crippen molar-refractivity contribution >= 4 is 21.5 Å². The van der Waals surface area contributed by atoms with Gasteiger partial charge in [0.25, 0.3) is 0 Å². The largest absolute Gasteiger partial charge is 0.480 e. The molecule has 0 radical (unpaired) electrons. The summed E-state index contributed by atoms with van der Waals surface area (Å²) in [6.07, 6.45) is 2.62. The Morgan fingerprint density at radius 2 is 1.94 bits per heavy atom. The Labute approximate surface area is 106 Å². The summed E-state index contributed by atoms with van der Waals surface area (Å²) in [5.74, 6) is -0.834. The first-order chi connectivity index (χ1) is 8.39. The van der Waals surface area contributed by atoms with E-state index in [1.54, 1.807) is 17.0 Å². The SMILES string of the molecule is CS(=O)(=O)c1ccc(N2CCCC2C(=O)O)cc1. The van der Waals surface area contributed by atoms with Gasteiger partial charge in [0.2, 0.25) is 0 Å². The molecule has 1 atom stereocenters. The Balaban J connectivity index is 2.27. The topological polar surface area (TPSA) is 74.7 Å². The normalized spacial score (nSPS) is 20.1. The van der Waals surface area contributed by atoms with Gasteiger partial charge in [0.1, 0.15) is 6.04 Å². The molecule has 1 aromatic rings. The summed E-state index contributed by atoms with van der Waals surface area (Å²) in [7, 11) is -3.21. The van der Waals surface area contributed by atoms with E-state index in [2.05, 4.69) is 0 Å². The summed E-state index contributed by atoms with van der Waals surface area (Å²) in [6.45, 7) is 0.690. The van der Waals surface area contributed by atoms with Crippen LogP contribution in [0.2, 0.25) is 0 Å². The maximum Gasteiger partial charge on any atom is 0.326 e. The third kappa shape index (κ3) is 2.48. The highest BCUT2D eigenvalue weighted by molar-refractivity contribution is 7.90. The zero-order chi connectivity index (χ0) is 13.3. The molecule has 1 fully saturated rings. The van der Waals surface area contributed by atoms with Crippen molar-refractivity contribution in [3.8, 4) is 0 Å². The Morgan fingerprint density at radius 3 is 2.44 bits per heavy atom. The van der Waals surface area contributed by atoms with Gasteiger partial charge in [0.05, 0.1) is 4.90 Å². The molecule has 1 unspecified atom stereocenters. The molecule has 1 saturated heterocycles. The Morgan fingerprint density at radius 1 is 1.33 bits per heavy atom. The third-order valence-corrected chi connectivity index (χ3v) is 4.26. The molecular formula is C12H15NO4S. The first-order valence-corrected chi connectivity index (χ1v) is 7.58. The van der Waals surface area contributed by atoms with Gasteiger partial charge in [0.15, 0.2) is 9.84 Å². The fraction of sp³-hybridized carbons (Fsp3) is 0.417. The molecule has 0 bridgehead atoms. The van der Waals surface area contributed by atoms with E-state index in [1.807, 2.05) is 0 Å². The molecule has 6 heteroatoms. The molecule has 0 aromatic heterocycles. The maximum atomic E-state index is 11.3. The summed E-state index contributed by atoms with van der Waals surface area (Å²) in [4.78, 5) is 13.1. The van der Waals surface area contributed by atoms with Gasteiger partial charge in [0, 0.05) is 18.5 Å². The summed E-state index contributed by atoms with van der Waals surface area (Å²) < 4.78 is 22.7. The maximum absolute atomic E-state index is 11.3. The van der Waals surface area contributed by atoms with Gasteiger partial charge in [-0.05, 0) is 37.1 Å². The van der Waals surface area contributed by atoms with E-state index in [4.69, 9.17) is 5.11 Å². The minimum absolute atomic E-state index is 0.248. The van der Waals surface area contributed by atoms with Crippen LogP contribution in [0.1, 0.15) is 12.8 Å². The predicted octanol–water partition coefficient (Wildman–Crippen LogP) is 1.14. The highest BCUT2D eigenvalue weighted by Gasteiger charge is 2.30. The van der Waals surface area contributed by atoms with Crippen LogP contribution in [0.5, 0.6) is 0 Å². The summed E-state index contributed by atoms with van der Waals surface area (Å²) in [5, 5.41) is 9.09. The van der Waals surface area contributed by atoms with Crippen molar-refractivity contribution in [3.05, 3.63) is 24.3 Å². The van der Waals surface area contributed by atoms with Crippen LogP contribution in [-0.4, -0.2) is 38.3 Å². The molecule has 2 rings (SSSR count).